The minimum absolute atomic E-state index is 0.0526. The molecule has 1 heterocycles. The number of nitrogens with one attached hydrogen (secondary N) is 2. The number of amides is 2. The highest BCUT2D eigenvalue weighted by Crippen LogP contribution is 2.49. The number of hydrogen-bond acceptors (Lipinski definition) is 5. The van der Waals surface area contributed by atoms with Gasteiger partial charge in [0.15, 0.2) is 11.5 Å². The predicted molar refractivity (Wildman–Crippen MR) is 135 cm³/mol. The molecule has 214 valence electrons. The number of likely N-dealkylation sites (N-methyl/N-ethyl adjacent to an activating group) is 1. The molecule has 0 radical (unpaired) electrons. The number of halogens is 4. The molecule has 39 heavy (non-hydrogen) atoms. The van der Waals surface area contributed by atoms with Crippen LogP contribution < -0.4 is 20.1 Å². The van der Waals surface area contributed by atoms with Gasteiger partial charge >= 0.3 is 18.2 Å². The lowest BCUT2D eigenvalue weighted by molar-refractivity contribution is -0.192. The van der Waals surface area contributed by atoms with E-state index in [0.29, 0.717) is 12.6 Å². The van der Waals surface area contributed by atoms with Crippen molar-refractivity contribution in [1.82, 2.24) is 15.5 Å². The largest absolute Gasteiger partial charge is 0.493 e. The molecule has 1 aliphatic heterocycles. The zero-order valence-corrected chi connectivity index (χ0v) is 22.0. The normalized spacial score (nSPS) is 22.6. The van der Waals surface area contributed by atoms with Gasteiger partial charge in [-0.1, -0.05) is 18.2 Å². The van der Waals surface area contributed by atoms with E-state index < -0.39 is 12.1 Å². The zero-order chi connectivity index (χ0) is 28.8. The van der Waals surface area contributed by atoms with Crippen LogP contribution in [0.5, 0.6) is 11.5 Å². The van der Waals surface area contributed by atoms with E-state index in [9.17, 15) is 22.4 Å². The number of methoxy groups -OCH3 is 2. The Morgan fingerprint density at radius 1 is 1.08 bits per heavy atom. The van der Waals surface area contributed by atoms with Gasteiger partial charge in [-0.15, -0.1) is 0 Å². The number of carboxylic acid groups (broad SMARTS) is 1. The molecule has 0 spiro atoms. The Hall–Kier alpha value is -3.54. The summed E-state index contributed by atoms with van der Waals surface area (Å²) >= 11 is 0. The molecular weight excluding hydrogens is 522 g/mol. The first-order valence-electron chi connectivity index (χ1n) is 12.4. The van der Waals surface area contributed by atoms with Crippen molar-refractivity contribution in [2.75, 3.05) is 27.8 Å². The maximum absolute atomic E-state index is 13.1. The predicted octanol–water partition coefficient (Wildman–Crippen LogP) is 4.47. The number of carbonyl (C=O) groups excluding carboxylic acids is 1. The van der Waals surface area contributed by atoms with Crippen LogP contribution in [-0.2, 0) is 16.8 Å². The summed E-state index contributed by atoms with van der Waals surface area (Å²) in [6.07, 6.45) is -1.18. The molecule has 3 atom stereocenters. The fraction of sp³-hybridized carbons (Fsp3) is 0.481. The van der Waals surface area contributed by atoms with Gasteiger partial charge in [-0.3, -0.25) is 0 Å². The lowest BCUT2D eigenvalue weighted by Gasteiger charge is -2.45. The number of benzene rings is 2. The van der Waals surface area contributed by atoms with Gasteiger partial charge in [-0.2, -0.15) is 13.2 Å². The third kappa shape index (κ3) is 7.31. The number of rotatable bonds is 6. The topological polar surface area (TPSA) is 100 Å². The average molecular weight is 556 g/mol. The van der Waals surface area contributed by atoms with Crippen LogP contribution in [0.25, 0.3) is 0 Å². The number of ether oxygens (including phenoxy) is 2. The minimum atomic E-state index is -5.08. The SMILES string of the molecule is COc1ccc([C@@]23CC[C@@H](NC(=O)NCc4ccc(F)cc4)C[C@@H]2N(C)CC3)cc1OC.O=C(O)C(F)(F)F. The molecule has 1 saturated carbocycles. The number of aliphatic carboxylic acids is 1. The highest BCUT2D eigenvalue weighted by molar-refractivity contribution is 5.74. The summed E-state index contributed by atoms with van der Waals surface area (Å²) in [4.78, 5) is 23.8. The van der Waals surface area contributed by atoms with Crippen LogP contribution in [0.1, 0.15) is 36.8 Å². The Bertz CT molecular complexity index is 1150. The molecule has 1 saturated heterocycles. The Labute approximate surface area is 224 Å². The monoisotopic (exact) mass is 555 g/mol. The minimum Gasteiger partial charge on any atom is -0.493 e. The molecule has 3 N–H and O–H groups in total. The molecule has 2 aliphatic rings. The van der Waals surface area contributed by atoms with Gasteiger partial charge in [-0.25, -0.2) is 14.0 Å². The summed E-state index contributed by atoms with van der Waals surface area (Å²) in [5.74, 6) is -1.54. The van der Waals surface area contributed by atoms with Crippen LogP contribution in [0.4, 0.5) is 22.4 Å². The van der Waals surface area contributed by atoms with Crippen molar-refractivity contribution in [2.45, 2.75) is 55.9 Å². The Balaban J connectivity index is 0.000000532. The number of likely N-dealkylation sites (tertiary alicyclic amines) is 1. The third-order valence-corrected chi connectivity index (χ3v) is 7.43. The second kappa shape index (κ2) is 12.5. The van der Waals surface area contributed by atoms with Gasteiger partial charge < -0.3 is 30.1 Å². The molecule has 8 nitrogen and oxygen atoms in total. The lowest BCUT2D eigenvalue weighted by atomic mass is 9.65. The van der Waals surface area contributed by atoms with E-state index >= 15 is 0 Å². The number of carboxylic acids is 1. The number of hydrogen-bond donors (Lipinski definition) is 3. The summed E-state index contributed by atoms with van der Waals surface area (Å²) < 4.78 is 55.8. The first-order chi connectivity index (χ1) is 18.4. The first-order valence-corrected chi connectivity index (χ1v) is 12.4. The van der Waals surface area contributed by atoms with Crippen molar-refractivity contribution in [3.05, 3.63) is 59.4 Å². The fourth-order valence-electron chi connectivity index (χ4n) is 5.42. The van der Waals surface area contributed by atoms with E-state index in [1.165, 1.54) is 17.7 Å². The second-order valence-corrected chi connectivity index (χ2v) is 9.70. The van der Waals surface area contributed by atoms with Crippen LogP contribution in [0.15, 0.2) is 42.5 Å². The van der Waals surface area contributed by atoms with Crippen molar-refractivity contribution < 1.29 is 41.7 Å². The molecular formula is C27H33F4N3O5. The van der Waals surface area contributed by atoms with Gasteiger partial charge in [0.2, 0.25) is 0 Å². The fourth-order valence-corrected chi connectivity index (χ4v) is 5.42. The molecule has 2 fully saturated rings. The van der Waals surface area contributed by atoms with E-state index in [2.05, 4.69) is 34.7 Å². The summed E-state index contributed by atoms with van der Waals surface area (Å²) in [6.45, 7) is 1.40. The van der Waals surface area contributed by atoms with Crippen LogP contribution in [0.3, 0.4) is 0 Å². The van der Waals surface area contributed by atoms with Crippen molar-refractivity contribution in [2.24, 2.45) is 0 Å². The summed E-state index contributed by atoms with van der Waals surface area (Å²) in [7, 11) is 5.49. The average Bonchev–Trinajstić information content (AvgIpc) is 3.24. The van der Waals surface area contributed by atoms with E-state index in [1.807, 2.05) is 6.07 Å². The summed E-state index contributed by atoms with van der Waals surface area (Å²) in [6, 6.07) is 12.7. The van der Waals surface area contributed by atoms with Crippen LogP contribution >= 0.6 is 0 Å². The molecule has 0 bridgehead atoms. The Morgan fingerprint density at radius 3 is 2.31 bits per heavy atom. The quantitative estimate of drug-likeness (QED) is 0.455. The Kier molecular flexibility index (Phi) is 9.65. The number of carbonyl (C=O) groups is 2. The van der Waals surface area contributed by atoms with Crippen molar-refractivity contribution >= 4 is 12.0 Å². The van der Waals surface area contributed by atoms with Gasteiger partial charge in [0.05, 0.1) is 14.2 Å². The van der Waals surface area contributed by atoms with Crippen molar-refractivity contribution in [3.8, 4) is 11.5 Å². The molecule has 0 aromatic heterocycles. The summed E-state index contributed by atoms with van der Waals surface area (Å²) in [5, 5.41) is 13.2. The highest BCUT2D eigenvalue weighted by Gasteiger charge is 2.50. The molecule has 4 rings (SSSR count). The Morgan fingerprint density at radius 2 is 1.72 bits per heavy atom. The molecule has 2 aromatic rings. The molecule has 0 unspecified atom stereocenters. The maximum atomic E-state index is 13.1. The van der Waals surface area contributed by atoms with E-state index in [1.54, 1.807) is 26.4 Å². The number of nitrogens with zero attached hydrogens (tertiary/aromatic N) is 1. The number of urea groups is 1. The lowest BCUT2D eigenvalue weighted by Crippen LogP contribution is -2.53. The van der Waals surface area contributed by atoms with Gasteiger partial charge in [0.1, 0.15) is 5.82 Å². The first kappa shape index (κ1) is 30.0. The van der Waals surface area contributed by atoms with Gasteiger partial charge in [0, 0.05) is 24.0 Å². The molecule has 2 amide bonds. The third-order valence-electron chi connectivity index (χ3n) is 7.43. The van der Waals surface area contributed by atoms with E-state index in [0.717, 1.165) is 49.3 Å². The van der Waals surface area contributed by atoms with Gasteiger partial charge in [0.25, 0.3) is 0 Å². The maximum Gasteiger partial charge on any atom is 0.490 e. The summed E-state index contributed by atoms with van der Waals surface area (Å²) in [5.41, 5.74) is 2.20. The molecule has 1 aliphatic carbocycles. The van der Waals surface area contributed by atoms with E-state index in [4.69, 9.17) is 19.4 Å². The second-order valence-electron chi connectivity index (χ2n) is 9.70. The van der Waals surface area contributed by atoms with Crippen LogP contribution in [0.2, 0.25) is 0 Å². The van der Waals surface area contributed by atoms with Crippen LogP contribution in [0, 0.1) is 5.82 Å². The molecule has 12 heteroatoms. The smallest absolute Gasteiger partial charge is 0.490 e. The van der Waals surface area contributed by atoms with Crippen molar-refractivity contribution in [3.63, 3.8) is 0 Å². The van der Waals surface area contributed by atoms with E-state index in [-0.39, 0.29) is 23.3 Å². The van der Waals surface area contributed by atoms with Gasteiger partial charge in [-0.05, 0) is 74.7 Å². The standard InChI is InChI=1S/C25H32FN3O3.C2HF3O2/c1-29-13-12-25(18-6-9-21(31-2)22(14-18)32-3)11-10-20(15-23(25)29)28-24(30)27-16-17-4-7-19(26)8-5-17;3-2(4,5)1(6)7/h4-9,14,20,23H,10-13,15-16H2,1-3H3,(H2,27,28,30);(H,6,7)/t20-,23+,25+;/m1./s1. The van der Waals surface area contributed by atoms with Crippen LogP contribution in [-0.4, -0.2) is 68.1 Å². The number of fused-ring (bicyclic) bond motifs is 1. The van der Waals surface area contributed by atoms with Crippen molar-refractivity contribution in [1.29, 1.82) is 0 Å². The zero-order valence-electron chi connectivity index (χ0n) is 22.0. The number of alkyl halides is 3. The molecule has 2 aromatic carbocycles. The highest BCUT2D eigenvalue weighted by atomic mass is 19.4.